The summed E-state index contributed by atoms with van der Waals surface area (Å²) >= 11 is 7.73. The fourth-order valence-corrected chi connectivity index (χ4v) is 4.45. The molecule has 0 amide bonds. The van der Waals surface area contributed by atoms with Crippen molar-refractivity contribution in [2.75, 3.05) is 14.1 Å². The van der Waals surface area contributed by atoms with Crippen molar-refractivity contribution < 1.29 is 4.52 Å². The smallest absolute Gasteiger partial charge is 0.196 e. The van der Waals surface area contributed by atoms with E-state index in [2.05, 4.69) is 31.7 Å². The summed E-state index contributed by atoms with van der Waals surface area (Å²) in [5.41, 5.74) is 3.33. The van der Waals surface area contributed by atoms with Crippen LogP contribution in [0, 0.1) is 0 Å². The van der Waals surface area contributed by atoms with Gasteiger partial charge in [0.05, 0.1) is 11.7 Å². The molecule has 1 aliphatic carbocycles. The minimum atomic E-state index is 0.123. The Hall–Kier alpha value is -1.83. The number of fused-ring (bicyclic) bond motifs is 1. The van der Waals surface area contributed by atoms with Crippen LogP contribution in [0.2, 0.25) is 5.02 Å². The first kappa shape index (κ1) is 19.5. The molecule has 3 aromatic rings. The summed E-state index contributed by atoms with van der Waals surface area (Å²) in [6.45, 7) is 2.12. The fraction of sp³-hybridized carbons (Fsp3) is 0.450. The van der Waals surface area contributed by atoms with E-state index in [0.717, 1.165) is 46.7 Å². The van der Waals surface area contributed by atoms with Crippen LogP contribution in [-0.2, 0) is 18.6 Å². The molecule has 0 fully saturated rings. The molecule has 1 aliphatic rings. The van der Waals surface area contributed by atoms with Crippen LogP contribution < -0.4 is 0 Å². The van der Waals surface area contributed by atoms with Gasteiger partial charge in [0.15, 0.2) is 11.0 Å². The van der Waals surface area contributed by atoms with E-state index in [9.17, 15) is 0 Å². The van der Waals surface area contributed by atoms with Crippen LogP contribution in [0.3, 0.4) is 0 Å². The van der Waals surface area contributed by atoms with Gasteiger partial charge in [-0.25, -0.2) is 0 Å². The van der Waals surface area contributed by atoms with Gasteiger partial charge in [-0.05, 0) is 64.5 Å². The molecular formula is C20H24ClN5OS. The lowest BCUT2D eigenvalue weighted by Crippen LogP contribution is -2.20. The molecule has 0 saturated carbocycles. The highest BCUT2D eigenvalue weighted by Crippen LogP contribution is 2.32. The molecule has 28 heavy (non-hydrogen) atoms. The van der Waals surface area contributed by atoms with E-state index in [-0.39, 0.29) is 6.04 Å². The molecule has 6 nitrogen and oxygen atoms in total. The normalized spacial score (nSPS) is 15.0. The van der Waals surface area contributed by atoms with Crippen molar-refractivity contribution in [1.82, 2.24) is 24.8 Å². The quantitative estimate of drug-likeness (QED) is 0.541. The summed E-state index contributed by atoms with van der Waals surface area (Å²) in [5.74, 6) is 2.68. The van der Waals surface area contributed by atoms with E-state index in [4.69, 9.17) is 16.1 Å². The Morgan fingerprint density at radius 3 is 2.68 bits per heavy atom. The Morgan fingerprint density at radius 1 is 1.18 bits per heavy atom. The molecule has 8 heteroatoms. The van der Waals surface area contributed by atoms with Crippen molar-refractivity contribution in [2.24, 2.45) is 0 Å². The molecule has 148 valence electrons. The van der Waals surface area contributed by atoms with Gasteiger partial charge >= 0.3 is 0 Å². The highest BCUT2D eigenvalue weighted by molar-refractivity contribution is 7.98. The summed E-state index contributed by atoms with van der Waals surface area (Å²) in [6.07, 6.45) is 4.45. The predicted molar refractivity (Wildman–Crippen MR) is 111 cm³/mol. The summed E-state index contributed by atoms with van der Waals surface area (Å²) in [7, 11) is 4.08. The number of benzene rings is 1. The Morgan fingerprint density at radius 2 is 1.93 bits per heavy atom. The van der Waals surface area contributed by atoms with Gasteiger partial charge in [0.2, 0.25) is 0 Å². The second-order valence-electron chi connectivity index (χ2n) is 7.32. The number of thioether (sulfide) groups is 1. The number of hydrogen-bond acceptors (Lipinski definition) is 6. The maximum absolute atomic E-state index is 6.09. The monoisotopic (exact) mass is 417 g/mol. The third kappa shape index (κ3) is 3.83. The van der Waals surface area contributed by atoms with Gasteiger partial charge in [0, 0.05) is 28.4 Å². The van der Waals surface area contributed by atoms with Crippen molar-refractivity contribution in [3.05, 3.63) is 52.1 Å². The molecule has 1 unspecified atom stereocenters. The zero-order chi connectivity index (χ0) is 19.7. The average Bonchev–Trinajstić information content (AvgIpc) is 3.30. The van der Waals surface area contributed by atoms with Crippen LogP contribution in [0.15, 0.2) is 33.9 Å². The molecule has 0 spiro atoms. The van der Waals surface area contributed by atoms with Crippen LogP contribution in [-0.4, -0.2) is 38.9 Å². The Labute approximate surface area is 174 Å². The predicted octanol–water partition coefficient (Wildman–Crippen LogP) is 4.70. The van der Waals surface area contributed by atoms with E-state index in [1.54, 1.807) is 11.8 Å². The summed E-state index contributed by atoms with van der Waals surface area (Å²) in [4.78, 5) is 2.12. The van der Waals surface area contributed by atoms with Gasteiger partial charge in [0.25, 0.3) is 0 Å². The van der Waals surface area contributed by atoms with E-state index >= 15 is 0 Å². The second-order valence-corrected chi connectivity index (χ2v) is 8.70. The number of hydrogen-bond donors (Lipinski definition) is 0. The lowest BCUT2D eigenvalue weighted by molar-refractivity contribution is 0.305. The zero-order valence-corrected chi connectivity index (χ0v) is 17.9. The van der Waals surface area contributed by atoms with Gasteiger partial charge < -0.3 is 4.52 Å². The first-order valence-electron chi connectivity index (χ1n) is 9.51. The Kier molecular flexibility index (Phi) is 5.75. The molecule has 1 atom stereocenters. The van der Waals surface area contributed by atoms with E-state index < -0.39 is 0 Å². The molecule has 2 heterocycles. The van der Waals surface area contributed by atoms with Crippen molar-refractivity contribution in [3.63, 3.8) is 0 Å². The minimum absolute atomic E-state index is 0.123. The standard InChI is InChI=1S/C20H24ClN5OS/c1-13(25(2)3)19-22-23-20(26(19)15-10-8-14(21)9-11-15)28-12-17-16-6-4-5-7-18(16)27-24-17/h8-11,13H,4-7,12H2,1-3H3. The topological polar surface area (TPSA) is 60.0 Å². The lowest BCUT2D eigenvalue weighted by atomic mass is 9.97. The van der Waals surface area contributed by atoms with Crippen LogP contribution in [0.1, 0.15) is 48.6 Å². The van der Waals surface area contributed by atoms with Crippen LogP contribution >= 0.6 is 23.4 Å². The average molecular weight is 418 g/mol. The van der Waals surface area contributed by atoms with Gasteiger partial charge in [-0.15, -0.1) is 10.2 Å². The maximum atomic E-state index is 6.09. The molecule has 0 radical (unpaired) electrons. The second kappa shape index (κ2) is 8.27. The summed E-state index contributed by atoms with van der Waals surface area (Å²) in [5, 5.41) is 14.9. The number of aryl methyl sites for hydroxylation is 1. The molecular weight excluding hydrogens is 394 g/mol. The highest BCUT2D eigenvalue weighted by atomic mass is 35.5. The third-order valence-electron chi connectivity index (χ3n) is 5.26. The third-order valence-corrected chi connectivity index (χ3v) is 6.45. The number of halogens is 1. The minimum Gasteiger partial charge on any atom is -0.361 e. The largest absolute Gasteiger partial charge is 0.361 e. The molecule has 1 aromatic carbocycles. The van der Waals surface area contributed by atoms with Gasteiger partial charge in [0.1, 0.15) is 5.76 Å². The Bertz CT molecular complexity index is 950. The number of aromatic nitrogens is 4. The van der Waals surface area contributed by atoms with Gasteiger partial charge in [-0.3, -0.25) is 9.47 Å². The fourth-order valence-electron chi connectivity index (χ4n) is 3.40. The number of rotatable bonds is 6. The van der Waals surface area contributed by atoms with Crippen LogP contribution in [0.5, 0.6) is 0 Å². The molecule has 0 N–H and O–H groups in total. The molecule has 0 aliphatic heterocycles. The molecule has 2 aromatic heterocycles. The van der Waals surface area contributed by atoms with Gasteiger partial charge in [-0.1, -0.05) is 28.5 Å². The van der Waals surface area contributed by atoms with Crippen molar-refractivity contribution in [2.45, 2.75) is 49.6 Å². The Balaban J connectivity index is 1.65. The highest BCUT2D eigenvalue weighted by Gasteiger charge is 2.23. The molecule has 0 saturated heterocycles. The number of nitrogens with zero attached hydrogens (tertiary/aromatic N) is 5. The van der Waals surface area contributed by atoms with Crippen molar-refractivity contribution >= 4 is 23.4 Å². The lowest BCUT2D eigenvalue weighted by Gasteiger charge is -2.20. The van der Waals surface area contributed by atoms with Crippen LogP contribution in [0.25, 0.3) is 5.69 Å². The SMILES string of the molecule is CC(c1nnc(SCc2noc3c2CCCC3)n1-c1ccc(Cl)cc1)N(C)C. The van der Waals surface area contributed by atoms with E-state index in [1.165, 1.54) is 18.4 Å². The first-order valence-corrected chi connectivity index (χ1v) is 10.9. The molecule has 4 rings (SSSR count). The van der Waals surface area contributed by atoms with E-state index in [0.29, 0.717) is 5.02 Å². The summed E-state index contributed by atoms with van der Waals surface area (Å²) < 4.78 is 7.66. The molecule has 0 bridgehead atoms. The van der Waals surface area contributed by atoms with Gasteiger partial charge in [-0.2, -0.15) is 0 Å². The van der Waals surface area contributed by atoms with Crippen molar-refractivity contribution in [1.29, 1.82) is 0 Å². The first-order chi connectivity index (χ1) is 13.5. The maximum Gasteiger partial charge on any atom is 0.196 e. The van der Waals surface area contributed by atoms with Crippen LogP contribution in [0.4, 0.5) is 0 Å². The van der Waals surface area contributed by atoms with E-state index in [1.807, 2.05) is 38.4 Å². The zero-order valence-electron chi connectivity index (χ0n) is 16.4. The summed E-state index contributed by atoms with van der Waals surface area (Å²) in [6, 6.07) is 7.91. The van der Waals surface area contributed by atoms with Crippen molar-refractivity contribution in [3.8, 4) is 5.69 Å².